The van der Waals surface area contributed by atoms with Crippen molar-refractivity contribution in [3.63, 3.8) is 0 Å². The maximum atomic E-state index is 6.32. The van der Waals surface area contributed by atoms with Gasteiger partial charge in [0, 0.05) is 18.1 Å². The largest absolute Gasteiger partial charge is 0.374 e. The van der Waals surface area contributed by atoms with Crippen LogP contribution in [-0.4, -0.2) is 44.3 Å². The molecule has 3 nitrogen and oxygen atoms in total. The van der Waals surface area contributed by atoms with Crippen LogP contribution in [0.2, 0.25) is 5.02 Å². The molecule has 1 aromatic carbocycles. The Morgan fingerprint density at radius 2 is 2.22 bits per heavy atom. The van der Waals surface area contributed by atoms with Crippen molar-refractivity contribution in [3.8, 4) is 0 Å². The third-order valence-electron chi connectivity index (χ3n) is 3.42. The molecular weight excluding hydrogens is 248 g/mol. The Hall–Kier alpha value is -0.610. The van der Waals surface area contributed by atoms with Crippen molar-refractivity contribution >= 4 is 11.6 Å². The number of morpholine rings is 1. The zero-order valence-electron chi connectivity index (χ0n) is 11.0. The number of hydrogen-bond donors (Lipinski definition) is 1. The Balaban J connectivity index is 2.21. The lowest BCUT2D eigenvalue weighted by Crippen LogP contribution is -2.47. The molecule has 0 bridgehead atoms. The Morgan fingerprint density at radius 1 is 1.44 bits per heavy atom. The molecule has 100 valence electrons. The van der Waals surface area contributed by atoms with Crippen molar-refractivity contribution in [2.75, 3.05) is 33.3 Å². The van der Waals surface area contributed by atoms with Gasteiger partial charge in [0.05, 0.1) is 18.8 Å². The van der Waals surface area contributed by atoms with E-state index >= 15 is 0 Å². The average Bonchev–Trinajstić information content (AvgIpc) is 2.38. The van der Waals surface area contributed by atoms with Crippen molar-refractivity contribution < 1.29 is 4.74 Å². The Kier molecular flexibility index (Phi) is 5.01. The summed E-state index contributed by atoms with van der Waals surface area (Å²) in [5.41, 5.74) is 1.16. The highest BCUT2D eigenvalue weighted by atomic mass is 35.5. The van der Waals surface area contributed by atoms with Gasteiger partial charge in [-0.05, 0) is 25.2 Å². The van der Waals surface area contributed by atoms with Gasteiger partial charge in [-0.1, -0.05) is 36.7 Å². The number of likely N-dealkylation sites (N-methyl/N-ethyl adjacent to an activating group) is 2. The van der Waals surface area contributed by atoms with E-state index in [9.17, 15) is 0 Å². The number of ether oxygens (including phenoxy) is 1. The first-order chi connectivity index (χ1) is 8.74. The van der Waals surface area contributed by atoms with Crippen LogP contribution in [-0.2, 0) is 4.74 Å². The van der Waals surface area contributed by atoms with Gasteiger partial charge in [-0.2, -0.15) is 0 Å². The molecule has 1 heterocycles. The van der Waals surface area contributed by atoms with E-state index in [1.807, 2.05) is 18.2 Å². The summed E-state index contributed by atoms with van der Waals surface area (Å²) < 4.78 is 5.91. The van der Waals surface area contributed by atoms with Gasteiger partial charge >= 0.3 is 0 Å². The zero-order valence-corrected chi connectivity index (χ0v) is 11.8. The van der Waals surface area contributed by atoms with Crippen molar-refractivity contribution in [3.05, 3.63) is 34.9 Å². The van der Waals surface area contributed by atoms with Crippen LogP contribution in [0.5, 0.6) is 0 Å². The first-order valence-corrected chi connectivity index (χ1v) is 6.88. The van der Waals surface area contributed by atoms with Crippen LogP contribution in [0.25, 0.3) is 0 Å². The summed E-state index contributed by atoms with van der Waals surface area (Å²) in [5, 5.41) is 4.18. The second kappa shape index (κ2) is 6.53. The van der Waals surface area contributed by atoms with E-state index in [0.29, 0.717) is 0 Å². The molecule has 1 saturated heterocycles. The van der Waals surface area contributed by atoms with E-state index in [1.165, 1.54) is 0 Å². The zero-order chi connectivity index (χ0) is 13.0. The summed E-state index contributed by atoms with van der Waals surface area (Å²) in [6, 6.07) is 8.27. The highest BCUT2D eigenvalue weighted by molar-refractivity contribution is 6.31. The third kappa shape index (κ3) is 3.04. The van der Waals surface area contributed by atoms with Crippen molar-refractivity contribution in [1.82, 2.24) is 10.2 Å². The summed E-state index contributed by atoms with van der Waals surface area (Å²) in [5.74, 6) is 0. The van der Waals surface area contributed by atoms with Gasteiger partial charge in [0.2, 0.25) is 0 Å². The average molecular weight is 269 g/mol. The van der Waals surface area contributed by atoms with Crippen LogP contribution >= 0.6 is 11.6 Å². The third-order valence-corrected chi connectivity index (χ3v) is 3.77. The van der Waals surface area contributed by atoms with E-state index in [-0.39, 0.29) is 12.1 Å². The molecule has 0 saturated carbocycles. The Labute approximate surface area is 114 Å². The molecule has 18 heavy (non-hydrogen) atoms. The Bertz CT molecular complexity index is 386. The van der Waals surface area contributed by atoms with Crippen LogP contribution in [0.1, 0.15) is 18.5 Å². The van der Waals surface area contributed by atoms with Crippen LogP contribution in [0, 0.1) is 0 Å². The summed E-state index contributed by atoms with van der Waals surface area (Å²) in [6.45, 7) is 5.65. The fourth-order valence-corrected chi connectivity index (χ4v) is 2.72. The minimum atomic E-state index is 0.156. The number of nitrogens with one attached hydrogen (secondary N) is 1. The number of nitrogens with zero attached hydrogens (tertiary/aromatic N) is 1. The van der Waals surface area contributed by atoms with Crippen LogP contribution in [0.4, 0.5) is 0 Å². The maximum Gasteiger partial charge on any atom is 0.0896 e. The highest BCUT2D eigenvalue weighted by Crippen LogP contribution is 2.32. The Morgan fingerprint density at radius 3 is 2.94 bits per heavy atom. The quantitative estimate of drug-likeness (QED) is 0.907. The van der Waals surface area contributed by atoms with E-state index in [0.717, 1.165) is 36.8 Å². The van der Waals surface area contributed by atoms with Gasteiger partial charge < -0.3 is 10.1 Å². The second-order valence-electron chi connectivity index (χ2n) is 4.66. The van der Waals surface area contributed by atoms with Gasteiger partial charge in [0.1, 0.15) is 0 Å². The topological polar surface area (TPSA) is 24.5 Å². The fraction of sp³-hybridized carbons (Fsp3) is 0.571. The van der Waals surface area contributed by atoms with Crippen molar-refractivity contribution in [2.45, 2.75) is 19.1 Å². The molecule has 0 aromatic heterocycles. The predicted molar refractivity (Wildman–Crippen MR) is 75.1 cm³/mol. The molecule has 2 atom stereocenters. The number of hydrogen-bond acceptors (Lipinski definition) is 3. The molecular formula is C14H21ClN2O. The molecule has 1 aliphatic rings. The second-order valence-corrected chi connectivity index (χ2v) is 5.07. The molecule has 2 rings (SSSR count). The fourth-order valence-electron chi connectivity index (χ4n) is 2.47. The first-order valence-electron chi connectivity index (χ1n) is 6.51. The van der Waals surface area contributed by atoms with Gasteiger partial charge in [-0.25, -0.2) is 0 Å². The molecule has 0 amide bonds. The lowest BCUT2D eigenvalue weighted by atomic mass is 9.98. The maximum absolute atomic E-state index is 6.32. The standard InChI is InChI=1S/C14H21ClN2O/c1-3-16-10-13-14(17(2)8-9-18-13)11-6-4-5-7-12(11)15/h4-7,13-14,16H,3,8-10H2,1-2H3. The first kappa shape index (κ1) is 13.8. The molecule has 1 N–H and O–H groups in total. The summed E-state index contributed by atoms with van der Waals surface area (Å²) >= 11 is 6.32. The minimum absolute atomic E-state index is 0.156. The van der Waals surface area contributed by atoms with Crippen molar-refractivity contribution in [2.24, 2.45) is 0 Å². The van der Waals surface area contributed by atoms with Crippen molar-refractivity contribution in [1.29, 1.82) is 0 Å². The minimum Gasteiger partial charge on any atom is -0.374 e. The van der Waals surface area contributed by atoms with Crippen LogP contribution in [0.15, 0.2) is 24.3 Å². The molecule has 0 radical (unpaired) electrons. The van der Waals surface area contributed by atoms with E-state index in [2.05, 4.69) is 30.3 Å². The number of benzene rings is 1. The van der Waals surface area contributed by atoms with Gasteiger partial charge in [-0.3, -0.25) is 4.90 Å². The normalized spacial score (nSPS) is 25.3. The lowest BCUT2D eigenvalue weighted by molar-refractivity contribution is -0.0611. The van der Waals surface area contributed by atoms with Crippen LogP contribution in [0.3, 0.4) is 0 Å². The molecule has 0 aliphatic carbocycles. The number of rotatable bonds is 4. The smallest absolute Gasteiger partial charge is 0.0896 e. The lowest BCUT2D eigenvalue weighted by Gasteiger charge is -2.39. The SMILES string of the molecule is CCNCC1OCCN(C)C1c1ccccc1Cl. The van der Waals surface area contributed by atoms with E-state index in [1.54, 1.807) is 0 Å². The van der Waals surface area contributed by atoms with Crippen LogP contribution < -0.4 is 5.32 Å². The van der Waals surface area contributed by atoms with E-state index < -0.39 is 0 Å². The van der Waals surface area contributed by atoms with Gasteiger partial charge in [0.25, 0.3) is 0 Å². The molecule has 1 fully saturated rings. The molecule has 1 aliphatic heterocycles. The summed E-state index contributed by atoms with van der Waals surface area (Å²) in [4.78, 5) is 2.33. The summed E-state index contributed by atoms with van der Waals surface area (Å²) in [6.07, 6.45) is 0.156. The van der Waals surface area contributed by atoms with Gasteiger partial charge in [-0.15, -0.1) is 0 Å². The summed E-state index contributed by atoms with van der Waals surface area (Å²) in [7, 11) is 2.13. The predicted octanol–water partition coefficient (Wildman–Crippen LogP) is 2.32. The molecule has 1 aromatic rings. The molecule has 4 heteroatoms. The highest BCUT2D eigenvalue weighted by Gasteiger charge is 2.32. The number of halogens is 1. The van der Waals surface area contributed by atoms with Gasteiger partial charge in [0.15, 0.2) is 0 Å². The monoisotopic (exact) mass is 268 g/mol. The molecule has 0 spiro atoms. The molecule has 2 unspecified atom stereocenters. The van der Waals surface area contributed by atoms with E-state index in [4.69, 9.17) is 16.3 Å².